The molecule has 32 heavy (non-hydrogen) atoms. The Morgan fingerprint density at radius 1 is 1.03 bits per heavy atom. The molecular formula is C22H25ClFN3O4S. The van der Waals surface area contributed by atoms with E-state index in [1.807, 2.05) is 0 Å². The van der Waals surface area contributed by atoms with E-state index in [0.29, 0.717) is 24.4 Å². The van der Waals surface area contributed by atoms with Crippen LogP contribution in [0.1, 0.15) is 31.2 Å². The molecule has 1 aliphatic heterocycles. The van der Waals surface area contributed by atoms with Crippen molar-refractivity contribution in [2.45, 2.75) is 43.2 Å². The number of halogens is 2. The molecule has 7 nitrogen and oxygen atoms in total. The standard InChI is InChI=1S/C22H25ClFN3O4S/c23-17-8-10-19(11-9-17)32(30,31)27-14-4-3-6-18(27)12-13-25-21(28)22(29)26-15-16-5-1-2-7-20(16)24/h1-2,5,7-11,18H,3-4,6,12-15H2,(H,25,28)(H,26,29). The van der Waals surface area contributed by atoms with Gasteiger partial charge in [0.15, 0.2) is 0 Å². The van der Waals surface area contributed by atoms with Crippen molar-refractivity contribution in [1.29, 1.82) is 0 Å². The highest BCUT2D eigenvalue weighted by atomic mass is 35.5. The summed E-state index contributed by atoms with van der Waals surface area (Å²) >= 11 is 5.86. The summed E-state index contributed by atoms with van der Waals surface area (Å²) in [6.07, 6.45) is 2.68. The summed E-state index contributed by atoms with van der Waals surface area (Å²) < 4.78 is 41.2. The van der Waals surface area contributed by atoms with Gasteiger partial charge < -0.3 is 10.6 Å². The lowest BCUT2D eigenvalue weighted by Gasteiger charge is -2.34. The Morgan fingerprint density at radius 2 is 1.72 bits per heavy atom. The van der Waals surface area contributed by atoms with Crippen LogP contribution in [0.5, 0.6) is 0 Å². The maximum Gasteiger partial charge on any atom is 0.309 e. The molecule has 0 aromatic heterocycles. The van der Waals surface area contributed by atoms with E-state index in [-0.39, 0.29) is 29.6 Å². The molecule has 2 amide bonds. The van der Waals surface area contributed by atoms with E-state index in [1.54, 1.807) is 6.07 Å². The number of nitrogens with zero attached hydrogens (tertiary/aromatic N) is 1. The summed E-state index contributed by atoms with van der Waals surface area (Å²) in [5, 5.41) is 5.35. The number of hydrogen-bond donors (Lipinski definition) is 2. The third kappa shape index (κ3) is 6.05. The van der Waals surface area contributed by atoms with Gasteiger partial charge in [0, 0.05) is 36.3 Å². The lowest BCUT2D eigenvalue weighted by Crippen LogP contribution is -2.46. The number of benzene rings is 2. The number of sulfonamides is 1. The van der Waals surface area contributed by atoms with Gasteiger partial charge in [0.25, 0.3) is 0 Å². The highest BCUT2D eigenvalue weighted by molar-refractivity contribution is 7.89. The van der Waals surface area contributed by atoms with Crippen molar-refractivity contribution in [3.05, 3.63) is 64.9 Å². The van der Waals surface area contributed by atoms with Crippen LogP contribution in [0.15, 0.2) is 53.4 Å². The number of nitrogens with one attached hydrogen (secondary N) is 2. The number of piperidine rings is 1. The van der Waals surface area contributed by atoms with Crippen molar-refractivity contribution in [3.63, 3.8) is 0 Å². The maximum absolute atomic E-state index is 13.6. The number of carbonyl (C=O) groups excluding carboxylic acids is 2. The van der Waals surface area contributed by atoms with Crippen molar-refractivity contribution in [1.82, 2.24) is 14.9 Å². The first-order valence-corrected chi connectivity index (χ1v) is 12.2. The molecule has 0 spiro atoms. The van der Waals surface area contributed by atoms with Gasteiger partial charge in [0.1, 0.15) is 5.82 Å². The van der Waals surface area contributed by atoms with E-state index in [4.69, 9.17) is 11.6 Å². The fraction of sp³-hybridized carbons (Fsp3) is 0.364. The van der Waals surface area contributed by atoms with E-state index in [9.17, 15) is 22.4 Å². The molecule has 2 aromatic rings. The fourth-order valence-corrected chi connectivity index (χ4v) is 5.50. The summed E-state index contributed by atoms with van der Waals surface area (Å²) in [5.74, 6) is -2.18. The van der Waals surface area contributed by atoms with Crippen LogP contribution in [0.3, 0.4) is 0 Å². The maximum atomic E-state index is 13.6. The van der Waals surface area contributed by atoms with Gasteiger partial charge in [-0.15, -0.1) is 0 Å². The second-order valence-electron chi connectivity index (χ2n) is 7.54. The molecular weight excluding hydrogens is 457 g/mol. The van der Waals surface area contributed by atoms with E-state index in [1.165, 1.54) is 46.8 Å². The lowest BCUT2D eigenvalue weighted by molar-refractivity contribution is -0.139. The lowest BCUT2D eigenvalue weighted by atomic mass is 10.0. The Bertz CT molecular complexity index is 1060. The summed E-state index contributed by atoms with van der Waals surface area (Å²) in [5.41, 5.74) is 0.277. The van der Waals surface area contributed by atoms with Gasteiger partial charge in [-0.2, -0.15) is 4.31 Å². The Kier molecular flexibility index (Phi) is 8.22. The van der Waals surface area contributed by atoms with Crippen LogP contribution >= 0.6 is 11.6 Å². The predicted molar refractivity (Wildman–Crippen MR) is 119 cm³/mol. The monoisotopic (exact) mass is 481 g/mol. The van der Waals surface area contributed by atoms with Crippen molar-refractivity contribution in [2.75, 3.05) is 13.1 Å². The van der Waals surface area contributed by atoms with Crippen molar-refractivity contribution in [2.24, 2.45) is 0 Å². The zero-order valence-electron chi connectivity index (χ0n) is 17.4. The summed E-state index contributed by atoms with van der Waals surface area (Å²) in [6.45, 7) is 0.435. The summed E-state index contributed by atoms with van der Waals surface area (Å²) in [6, 6.07) is 11.7. The molecule has 0 bridgehead atoms. The van der Waals surface area contributed by atoms with Crippen molar-refractivity contribution >= 4 is 33.4 Å². The first kappa shape index (κ1) is 24.2. The molecule has 2 N–H and O–H groups in total. The molecule has 3 rings (SSSR count). The number of rotatable bonds is 7. The van der Waals surface area contributed by atoms with Crippen LogP contribution in [0.2, 0.25) is 5.02 Å². The van der Waals surface area contributed by atoms with Gasteiger partial charge in [0.2, 0.25) is 10.0 Å². The van der Waals surface area contributed by atoms with Crippen molar-refractivity contribution < 1.29 is 22.4 Å². The molecule has 0 aliphatic carbocycles. The minimum absolute atomic E-state index is 0.103. The van der Waals surface area contributed by atoms with Crippen LogP contribution in [0.4, 0.5) is 4.39 Å². The number of hydrogen-bond acceptors (Lipinski definition) is 4. The first-order chi connectivity index (χ1) is 15.3. The molecule has 1 atom stereocenters. The SMILES string of the molecule is O=C(NCCC1CCCCN1S(=O)(=O)c1ccc(Cl)cc1)C(=O)NCc1ccccc1F. The topological polar surface area (TPSA) is 95.6 Å². The van der Waals surface area contributed by atoms with Gasteiger partial charge in [-0.3, -0.25) is 9.59 Å². The molecule has 0 radical (unpaired) electrons. The van der Waals surface area contributed by atoms with E-state index >= 15 is 0 Å². The highest BCUT2D eigenvalue weighted by Gasteiger charge is 2.33. The van der Waals surface area contributed by atoms with Crippen LogP contribution in [-0.4, -0.2) is 43.7 Å². The molecule has 1 unspecified atom stereocenters. The third-order valence-corrected chi connectivity index (χ3v) is 7.58. The van der Waals surface area contributed by atoms with Gasteiger partial charge in [-0.05, 0) is 49.6 Å². The highest BCUT2D eigenvalue weighted by Crippen LogP contribution is 2.27. The van der Waals surface area contributed by atoms with Gasteiger partial charge >= 0.3 is 11.8 Å². The zero-order valence-corrected chi connectivity index (χ0v) is 19.0. The Balaban J connectivity index is 1.53. The minimum atomic E-state index is -3.69. The number of amides is 2. The third-order valence-electron chi connectivity index (χ3n) is 5.36. The van der Waals surface area contributed by atoms with Crippen LogP contribution in [0.25, 0.3) is 0 Å². The quantitative estimate of drug-likeness (QED) is 0.594. The molecule has 172 valence electrons. The number of carbonyl (C=O) groups is 2. The molecule has 0 saturated carbocycles. The van der Waals surface area contributed by atoms with Gasteiger partial charge in [0.05, 0.1) is 4.90 Å². The smallest absolute Gasteiger partial charge is 0.309 e. The first-order valence-electron chi connectivity index (χ1n) is 10.4. The zero-order chi connectivity index (χ0) is 23.1. The Hall–Kier alpha value is -2.49. The summed E-state index contributed by atoms with van der Waals surface area (Å²) in [7, 11) is -3.69. The van der Waals surface area contributed by atoms with Gasteiger partial charge in [-0.25, -0.2) is 12.8 Å². The molecule has 2 aromatic carbocycles. The average Bonchev–Trinajstić information content (AvgIpc) is 2.79. The van der Waals surface area contributed by atoms with E-state index < -0.39 is 27.7 Å². The summed E-state index contributed by atoms with van der Waals surface area (Å²) in [4.78, 5) is 24.2. The second-order valence-corrected chi connectivity index (χ2v) is 9.86. The average molecular weight is 482 g/mol. The Morgan fingerprint density at radius 3 is 2.44 bits per heavy atom. The van der Waals surface area contributed by atoms with Gasteiger partial charge in [-0.1, -0.05) is 36.2 Å². The molecule has 10 heteroatoms. The Labute approximate surface area is 192 Å². The van der Waals surface area contributed by atoms with Crippen LogP contribution in [-0.2, 0) is 26.2 Å². The second kappa shape index (κ2) is 10.9. The largest absolute Gasteiger partial charge is 0.348 e. The molecule has 1 fully saturated rings. The van der Waals surface area contributed by atoms with Crippen LogP contribution < -0.4 is 10.6 Å². The fourth-order valence-electron chi connectivity index (χ4n) is 3.65. The van der Waals surface area contributed by atoms with E-state index in [0.717, 1.165) is 12.8 Å². The molecule has 1 aliphatic rings. The van der Waals surface area contributed by atoms with E-state index in [2.05, 4.69) is 10.6 Å². The minimum Gasteiger partial charge on any atom is -0.348 e. The predicted octanol–water partition coefficient (Wildman–Crippen LogP) is 2.85. The molecule has 1 saturated heterocycles. The van der Waals surface area contributed by atoms with Crippen LogP contribution in [0, 0.1) is 5.82 Å². The normalized spacial score (nSPS) is 17.0. The van der Waals surface area contributed by atoms with Crippen molar-refractivity contribution in [3.8, 4) is 0 Å². The molecule has 1 heterocycles.